The van der Waals surface area contributed by atoms with E-state index in [1.165, 1.54) is 76.2 Å². The van der Waals surface area contributed by atoms with Crippen LogP contribution in [0.1, 0.15) is 102 Å². The van der Waals surface area contributed by atoms with Crippen LogP contribution in [0.25, 0.3) is 11.2 Å². The van der Waals surface area contributed by atoms with Crippen LogP contribution >= 0.6 is 35.2 Å². The van der Waals surface area contributed by atoms with Gasteiger partial charge in [-0.15, -0.1) is 24.7 Å². The van der Waals surface area contributed by atoms with Gasteiger partial charge in [-0.05, 0) is 48.2 Å². The SMILES string of the molecule is C#CCCCC(=O)N[C@H](CO)[C@H](O)c1ccc([N+](=O)[O-])cc1.C#CCCCC(=O)N[C@H](COC(C)=O)[C@H](O)c1ccc([N+](=O)[O-])cc1.CC(=O)SCCNC(=O)CCNC(=O)C(O)C(C)(C)COP(=O)([O-])OP(=O)([O-])OCC1OC(n2cnc3c(N)ncnc32)C(O)C1OP(=O)([O-])[O-]. The summed E-state index contributed by atoms with van der Waals surface area (Å²) >= 11 is 1.01. The highest BCUT2D eigenvalue weighted by Gasteiger charge is 2.47. The first-order chi connectivity index (χ1) is 45.9. The van der Waals surface area contributed by atoms with Gasteiger partial charge in [0.2, 0.25) is 23.6 Å². The van der Waals surface area contributed by atoms with Crippen LogP contribution < -0.4 is 46.6 Å². The van der Waals surface area contributed by atoms with E-state index in [0.717, 1.165) is 29.0 Å². The molecule has 11 atom stereocenters. The maximum absolute atomic E-state index is 12.4. The van der Waals surface area contributed by atoms with Crippen molar-refractivity contribution in [3.8, 4) is 24.7 Å². The number of amides is 4. The summed E-state index contributed by atoms with van der Waals surface area (Å²) in [6.07, 6.45) is 2.62. The molecule has 1 fully saturated rings. The third-order valence-electron chi connectivity index (χ3n) is 13.2. The summed E-state index contributed by atoms with van der Waals surface area (Å²) < 4.78 is 65.1. The van der Waals surface area contributed by atoms with Gasteiger partial charge in [0.1, 0.15) is 55.1 Å². The zero-order chi connectivity index (χ0) is 73.7. The molecular formula is C55H72N11O28P3S-4. The van der Waals surface area contributed by atoms with Gasteiger partial charge < -0.3 is 99.7 Å². The minimum Gasteiger partial charge on any atom is -0.790 e. The molecule has 1 aliphatic rings. The largest absolute Gasteiger partial charge is 0.790 e. The van der Waals surface area contributed by atoms with Crippen molar-refractivity contribution in [3.05, 3.63) is 92.5 Å². The molecule has 540 valence electrons. The molecule has 0 saturated carbocycles. The highest BCUT2D eigenvalue weighted by molar-refractivity contribution is 8.13. The number of carbonyl (C=O) groups excluding carboxylic acids is 6. The number of terminal acetylenes is 2. The molecule has 4 amide bonds. The van der Waals surface area contributed by atoms with Gasteiger partial charge in [0, 0.05) is 94.5 Å². The third-order valence-corrected chi connectivity index (χ3v) is 17.1. The number of thioether (sulfide) groups is 1. The number of phosphoric acid groups is 3. The van der Waals surface area contributed by atoms with E-state index in [9.17, 15) is 108 Å². The van der Waals surface area contributed by atoms with E-state index in [2.05, 4.69) is 65.9 Å². The smallest absolute Gasteiger partial charge is 0.302 e. The van der Waals surface area contributed by atoms with Gasteiger partial charge in [-0.2, -0.15) is 0 Å². The van der Waals surface area contributed by atoms with Crippen LogP contribution in [0.15, 0.2) is 61.2 Å². The Morgan fingerprint density at radius 2 is 1.32 bits per heavy atom. The molecule has 43 heteroatoms. The normalized spacial score (nSPS) is 17.9. The molecule has 0 bridgehead atoms. The van der Waals surface area contributed by atoms with E-state index in [4.69, 9.17) is 28.1 Å². The van der Waals surface area contributed by atoms with Crippen LogP contribution in [0, 0.1) is 50.3 Å². The number of non-ortho nitro benzene ring substituents is 2. The van der Waals surface area contributed by atoms with E-state index in [1.807, 2.05) is 0 Å². The van der Waals surface area contributed by atoms with Gasteiger partial charge in [-0.1, -0.05) is 25.6 Å². The number of carbonyl (C=O) groups is 6. The standard InChI is InChI=1S/C23H38N7O17P3S.C17H20N2O6.C15H18N2O5/c1-12(31)51-7-6-25-14(32)4-5-26-21(35)18(34)23(2,3)9-44-50(41,42)47-49(39,40)43-8-13-17(46-48(36,37)38)16(33)22(45-13)30-11-29-15-19(24)27-10-28-20(15)30;1-3-4-5-6-16(21)18-15(11-25-12(2)20)17(22)13-7-9-14(10-8-13)19(23)24;1-2-3-4-5-14(19)16-13(10-18)15(20)11-6-8-12(9-7-11)17(21)22/h10-11,13,16-18,22,33-34H,4-9H2,1-3H3,(H,25,32)(H,26,35)(H,39,40)(H,41,42)(H2,24,27,28)(H2,36,37,38);1,7-10,15,17,22H,4-6,11H2,2H3,(H,18,21);1,6-9,13,15,18,20H,3-5,10H2,(H,16,19)/p-4/t;15-,17-;13-,15-/m.11/s1. The van der Waals surface area contributed by atoms with Crippen molar-refractivity contribution in [2.24, 2.45) is 5.41 Å². The lowest BCUT2D eigenvalue weighted by Gasteiger charge is -2.36. The van der Waals surface area contributed by atoms with Crippen LogP contribution in [-0.2, 0) is 69.8 Å². The zero-order valence-electron chi connectivity index (χ0n) is 52.7. The maximum atomic E-state index is 12.4. The second-order valence-corrected chi connectivity index (χ2v) is 26.7. The third kappa shape index (κ3) is 29.3. The molecule has 98 heavy (non-hydrogen) atoms. The van der Waals surface area contributed by atoms with Crippen molar-refractivity contribution < 1.29 is 125 Å². The molecule has 2 aromatic carbocycles. The lowest BCUT2D eigenvalue weighted by atomic mass is 9.87. The number of aromatic nitrogens is 4. The lowest BCUT2D eigenvalue weighted by Crippen LogP contribution is -2.46. The van der Waals surface area contributed by atoms with Crippen molar-refractivity contribution in [2.45, 2.75) is 128 Å². The Morgan fingerprint density at radius 3 is 1.82 bits per heavy atom. The van der Waals surface area contributed by atoms with Crippen LogP contribution in [0.4, 0.5) is 17.2 Å². The molecule has 0 aliphatic carbocycles. The van der Waals surface area contributed by atoms with Crippen LogP contribution in [0.2, 0.25) is 0 Å². The number of nitrogen functional groups attached to an aromatic ring is 1. The highest BCUT2D eigenvalue weighted by atomic mass is 32.2. The second kappa shape index (κ2) is 40.3. The number of hydrogen-bond acceptors (Lipinski definition) is 33. The van der Waals surface area contributed by atoms with Gasteiger partial charge in [-0.25, -0.2) is 19.3 Å². The predicted octanol–water partition coefficient (Wildman–Crippen LogP) is -1.45. The molecule has 0 radical (unpaired) electrons. The van der Waals surface area contributed by atoms with Crippen LogP contribution in [0.5, 0.6) is 0 Å². The molecular weight excluding hydrogens is 1390 g/mol. The Balaban J connectivity index is 0.000000440. The number of nitro benzene ring substituents is 2. The molecule has 1 saturated heterocycles. The van der Waals surface area contributed by atoms with Gasteiger partial charge in [0.05, 0.1) is 55.9 Å². The molecule has 39 nitrogen and oxygen atoms in total. The average Bonchev–Trinajstić information content (AvgIpc) is 1.61. The Bertz CT molecular complexity index is 3590. The maximum Gasteiger partial charge on any atom is 0.302 e. The van der Waals surface area contributed by atoms with Crippen molar-refractivity contribution in [2.75, 3.05) is 51.0 Å². The number of nitrogens with two attached hydrogens (primary N) is 1. The number of nitrogens with zero attached hydrogens (tertiary/aromatic N) is 6. The molecule has 5 rings (SSSR count). The first-order valence-electron chi connectivity index (χ1n) is 28.9. The van der Waals surface area contributed by atoms with Gasteiger partial charge in [-0.3, -0.25) is 62.7 Å². The number of aliphatic hydroxyl groups is 5. The topological polar surface area (TPSA) is 606 Å². The van der Waals surface area contributed by atoms with E-state index in [0.29, 0.717) is 42.6 Å². The number of fused-ring (bicyclic) bond motifs is 1. The average molecular weight is 1460 g/mol. The number of anilines is 1. The quantitative estimate of drug-likeness (QED) is 0.00621. The lowest BCUT2D eigenvalue weighted by molar-refractivity contribution is -0.385. The summed E-state index contributed by atoms with van der Waals surface area (Å²) in [5, 5.41) is 82.1. The number of phosphoric ester groups is 3. The zero-order valence-corrected chi connectivity index (χ0v) is 56.2. The Morgan fingerprint density at radius 1 is 0.786 bits per heavy atom. The van der Waals surface area contributed by atoms with Gasteiger partial charge in [0.15, 0.2) is 22.8 Å². The van der Waals surface area contributed by atoms with Gasteiger partial charge in [0.25, 0.3) is 27.0 Å². The van der Waals surface area contributed by atoms with Crippen molar-refractivity contribution in [1.29, 1.82) is 0 Å². The fraction of sp³-hybridized carbons (Fsp3) is 0.509. The first-order valence-corrected chi connectivity index (χ1v) is 34.2. The molecule has 2 aromatic heterocycles. The van der Waals surface area contributed by atoms with Crippen molar-refractivity contribution in [3.63, 3.8) is 0 Å². The number of aliphatic hydroxyl groups excluding tert-OH is 5. The summed E-state index contributed by atoms with van der Waals surface area (Å²) in [5.74, 6) is 2.44. The number of benzene rings is 2. The van der Waals surface area contributed by atoms with E-state index < -0.39 is 131 Å². The number of esters is 1. The number of imidazole rings is 1. The number of nitrogens with one attached hydrogen (secondary N) is 4. The molecule has 3 heterocycles. The van der Waals surface area contributed by atoms with E-state index in [-0.39, 0.29) is 84.2 Å². The summed E-state index contributed by atoms with van der Waals surface area (Å²) in [5.41, 5.74) is 4.57. The number of ether oxygens (including phenoxy) is 2. The molecule has 7 unspecified atom stereocenters. The fourth-order valence-corrected chi connectivity index (χ4v) is 11.5. The molecule has 4 aromatic rings. The van der Waals surface area contributed by atoms with Crippen molar-refractivity contribution >= 4 is 98.3 Å². The minimum absolute atomic E-state index is 0.0209. The van der Waals surface area contributed by atoms with Crippen molar-refractivity contribution in [1.82, 2.24) is 40.8 Å². The monoisotopic (exact) mass is 1460 g/mol. The number of unbranched alkanes of at least 4 members (excludes halogenated alkanes) is 2. The Labute approximate surface area is 563 Å². The number of nitro groups is 2. The fourth-order valence-electron chi connectivity index (χ4n) is 8.26. The molecule has 0 spiro atoms. The number of hydrogen-bond donors (Lipinski definition) is 10. The Kier molecular flexibility index (Phi) is 34.7. The molecule has 11 N–H and O–H groups in total. The highest BCUT2D eigenvalue weighted by Crippen LogP contribution is 2.56. The molecule has 1 aliphatic heterocycles. The van der Waals surface area contributed by atoms with E-state index in [1.54, 1.807) is 0 Å². The summed E-state index contributed by atoms with van der Waals surface area (Å²) in [4.78, 5) is 149. The summed E-state index contributed by atoms with van der Waals surface area (Å²) in [6.45, 7) is 2.02. The number of rotatable bonds is 36. The van der Waals surface area contributed by atoms with Crippen LogP contribution in [-0.4, -0.2) is 171 Å². The predicted molar refractivity (Wildman–Crippen MR) is 333 cm³/mol. The first kappa shape index (κ1) is 84.4. The second-order valence-electron chi connectivity index (χ2n) is 21.4. The summed E-state index contributed by atoms with van der Waals surface area (Å²) in [6, 6.07) is 8.76. The van der Waals surface area contributed by atoms with Gasteiger partial charge >= 0.3 is 5.97 Å². The Hall–Kier alpha value is -7.79. The van der Waals surface area contributed by atoms with Crippen LogP contribution in [0.3, 0.4) is 0 Å². The summed E-state index contributed by atoms with van der Waals surface area (Å²) in [7, 11) is -17.6. The minimum atomic E-state index is -5.90. The van der Waals surface area contributed by atoms with E-state index >= 15 is 0 Å².